The SMILES string of the molecule is Cc1cc(-c2nc(N)n(C)n2)cs1. The van der Waals surface area contributed by atoms with Crippen molar-refractivity contribution < 1.29 is 0 Å². The van der Waals surface area contributed by atoms with Gasteiger partial charge in [-0.3, -0.25) is 0 Å². The Morgan fingerprint density at radius 1 is 1.54 bits per heavy atom. The molecule has 0 aliphatic rings. The molecular weight excluding hydrogens is 184 g/mol. The summed E-state index contributed by atoms with van der Waals surface area (Å²) in [5.74, 6) is 1.14. The Balaban J connectivity index is 2.46. The van der Waals surface area contributed by atoms with Crippen molar-refractivity contribution in [3.63, 3.8) is 0 Å². The standard InChI is InChI=1S/C8H10N4S/c1-5-3-6(4-13-5)7-10-8(9)12(2)11-7/h3-4H,1-2H3,(H2,9,10,11). The molecule has 2 N–H and O–H groups in total. The molecule has 0 aliphatic heterocycles. The lowest BCUT2D eigenvalue weighted by Gasteiger charge is -1.86. The Bertz CT molecular complexity index is 410. The van der Waals surface area contributed by atoms with Crippen molar-refractivity contribution >= 4 is 17.3 Å². The van der Waals surface area contributed by atoms with Crippen LogP contribution in [-0.4, -0.2) is 14.8 Å². The van der Waals surface area contributed by atoms with Gasteiger partial charge >= 0.3 is 0 Å². The predicted molar refractivity (Wildman–Crippen MR) is 53.5 cm³/mol. The number of thiophene rings is 1. The molecule has 0 saturated carbocycles. The third-order valence-corrected chi connectivity index (χ3v) is 2.65. The van der Waals surface area contributed by atoms with Crippen molar-refractivity contribution in [3.05, 3.63) is 16.3 Å². The van der Waals surface area contributed by atoms with Crippen LogP contribution in [0.25, 0.3) is 11.4 Å². The van der Waals surface area contributed by atoms with Gasteiger partial charge in [0, 0.05) is 22.9 Å². The van der Waals surface area contributed by atoms with E-state index in [1.165, 1.54) is 4.88 Å². The smallest absolute Gasteiger partial charge is 0.218 e. The predicted octanol–water partition coefficient (Wildman–Crippen LogP) is 1.43. The summed E-state index contributed by atoms with van der Waals surface area (Å²) < 4.78 is 1.57. The lowest BCUT2D eigenvalue weighted by molar-refractivity contribution is 0.781. The van der Waals surface area contributed by atoms with Crippen molar-refractivity contribution in [1.82, 2.24) is 14.8 Å². The Morgan fingerprint density at radius 2 is 2.31 bits per heavy atom. The van der Waals surface area contributed by atoms with Crippen LogP contribution in [0.15, 0.2) is 11.4 Å². The molecule has 4 nitrogen and oxygen atoms in total. The summed E-state index contributed by atoms with van der Waals surface area (Å²) in [5, 5.41) is 6.21. The molecule has 5 heteroatoms. The first-order valence-electron chi connectivity index (χ1n) is 3.89. The van der Waals surface area contributed by atoms with E-state index in [4.69, 9.17) is 5.73 Å². The molecule has 0 atom stereocenters. The Labute approximate surface area is 80.0 Å². The molecule has 0 unspecified atom stereocenters. The number of hydrogen-bond donors (Lipinski definition) is 1. The third kappa shape index (κ3) is 1.42. The number of aryl methyl sites for hydroxylation is 2. The third-order valence-electron chi connectivity index (χ3n) is 1.79. The first-order chi connectivity index (χ1) is 6.16. The molecule has 0 aliphatic carbocycles. The normalized spacial score (nSPS) is 10.6. The molecule has 0 saturated heterocycles. The van der Waals surface area contributed by atoms with Crippen molar-refractivity contribution in [2.75, 3.05) is 5.73 Å². The zero-order valence-electron chi connectivity index (χ0n) is 7.48. The fraction of sp³-hybridized carbons (Fsp3) is 0.250. The Kier molecular flexibility index (Phi) is 1.81. The zero-order valence-corrected chi connectivity index (χ0v) is 8.30. The summed E-state index contributed by atoms with van der Waals surface area (Å²) in [4.78, 5) is 5.38. The maximum Gasteiger partial charge on any atom is 0.218 e. The Hall–Kier alpha value is -1.36. The van der Waals surface area contributed by atoms with E-state index < -0.39 is 0 Å². The zero-order chi connectivity index (χ0) is 9.42. The lowest BCUT2D eigenvalue weighted by atomic mass is 10.3. The largest absolute Gasteiger partial charge is 0.368 e. The molecule has 2 heterocycles. The van der Waals surface area contributed by atoms with Gasteiger partial charge in [0.25, 0.3) is 0 Å². The van der Waals surface area contributed by atoms with Gasteiger partial charge in [-0.2, -0.15) is 4.98 Å². The van der Waals surface area contributed by atoms with Crippen LogP contribution in [0.3, 0.4) is 0 Å². The van der Waals surface area contributed by atoms with Crippen molar-refractivity contribution in [2.24, 2.45) is 7.05 Å². The van der Waals surface area contributed by atoms with E-state index in [-0.39, 0.29) is 0 Å². The molecule has 0 fully saturated rings. The minimum Gasteiger partial charge on any atom is -0.368 e. The summed E-state index contributed by atoms with van der Waals surface area (Å²) >= 11 is 1.68. The van der Waals surface area contributed by atoms with Crippen LogP contribution in [0.2, 0.25) is 0 Å². The van der Waals surface area contributed by atoms with Gasteiger partial charge in [0.15, 0.2) is 5.82 Å². The molecule has 2 aromatic rings. The summed E-state index contributed by atoms with van der Waals surface area (Å²) in [6, 6.07) is 2.06. The number of nitrogens with zero attached hydrogens (tertiary/aromatic N) is 3. The van der Waals surface area contributed by atoms with Crippen LogP contribution in [0, 0.1) is 6.92 Å². The van der Waals surface area contributed by atoms with Crippen molar-refractivity contribution in [1.29, 1.82) is 0 Å². The molecule has 0 amide bonds. The molecule has 68 valence electrons. The molecule has 2 aromatic heterocycles. The number of rotatable bonds is 1. The molecule has 0 radical (unpaired) electrons. The number of aromatic nitrogens is 3. The molecule has 13 heavy (non-hydrogen) atoms. The highest BCUT2D eigenvalue weighted by Crippen LogP contribution is 2.22. The first-order valence-corrected chi connectivity index (χ1v) is 4.77. The average molecular weight is 194 g/mol. The number of nitrogens with two attached hydrogens (primary N) is 1. The summed E-state index contributed by atoms with van der Waals surface area (Å²) in [5.41, 5.74) is 6.61. The minimum absolute atomic E-state index is 0.443. The van der Waals surface area contributed by atoms with Crippen LogP contribution >= 0.6 is 11.3 Å². The molecule has 0 aromatic carbocycles. The number of hydrogen-bond acceptors (Lipinski definition) is 4. The second-order valence-electron chi connectivity index (χ2n) is 2.86. The van der Waals surface area contributed by atoms with E-state index in [1.807, 2.05) is 5.38 Å². The second kappa shape index (κ2) is 2.85. The minimum atomic E-state index is 0.443. The van der Waals surface area contributed by atoms with E-state index in [0.717, 1.165) is 5.56 Å². The van der Waals surface area contributed by atoms with Crippen molar-refractivity contribution in [3.8, 4) is 11.4 Å². The number of anilines is 1. The summed E-state index contributed by atoms with van der Waals surface area (Å²) in [7, 11) is 1.78. The van der Waals surface area contributed by atoms with Gasteiger partial charge in [-0.15, -0.1) is 16.4 Å². The highest BCUT2D eigenvalue weighted by molar-refractivity contribution is 7.10. The fourth-order valence-corrected chi connectivity index (χ4v) is 1.76. The maximum atomic E-state index is 5.58. The molecule has 0 spiro atoms. The van der Waals surface area contributed by atoms with Crippen LogP contribution < -0.4 is 5.73 Å². The van der Waals surface area contributed by atoms with Gasteiger partial charge in [0.2, 0.25) is 5.95 Å². The molecule has 0 bridgehead atoms. The Morgan fingerprint density at radius 3 is 2.77 bits per heavy atom. The summed E-state index contributed by atoms with van der Waals surface area (Å²) in [6.07, 6.45) is 0. The van der Waals surface area contributed by atoms with E-state index in [1.54, 1.807) is 23.1 Å². The lowest BCUT2D eigenvalue weighted by Crippen LogP contribution is -1.97. The van der Waals surface area contributed by atoms with Crippen LogP contribution in [-0.2, 0) is 7.05 Å². The topological polar surface area (TPSA) is 56.7 Å². The number of nitrogen functional groups attached to an aromatic ring is 1. The van der Waals surface area contributed by atoms with Gasteiger partial charge in [0.05, 0.1) is 0 Å². The molecular formula is C8H10N4S. The first kappa shape index (κ1) is 8.25. The average Bonchev–Trinajstić information content (AvgIpc) is 2.61. The highest BCUT2D eigenvalue weighted by Gasteiger charge is 2.07. The van der Waals surface area contributed by atoms with E-state index in [0.29, 0.717) is 11.8 Å². The molecule has 2 rings (SSSR count). The van der Waals surface area contributed by atoms with E-state index in [9.17, 15) is 0 Å². The maximum absolute atomic E-state index is 5.58. The van der Waals surface area contributed by atoms with Gasteiger partial charge in [0.1, 0.15) is 0 Å². The van der Waals surface area contributed by atoms with E-state index in [2.05, 4.69) is 23.1 Å². The van der Waals surface area contributed by atoms with Crippen LogP contribution in [0.5, 0.6) is 0 Å². The van der Waals surface area contributed by atoms with E-state index >= 15 is 0 Å². The van der Waals surface area contributed by atoms with Gasteiger partial charge in [-0.25, -0.2) is 4.68 Å². The monoisotopic (exact) mass is 194 g/mol. The van der Waals surface area contributed by atoms with Crippen molar-refractivity contribution in [2.45, 2.75) is 6.92 Å². The fourth-order valence-electron chi connectivity index (χ4n) is 1.08. The highest BCUT2D eigenvalue weighted by atomic mass is 32.1. The van der Waals surface area contributed by atoms with Crippen LogP contribution in [0.4, 0.5) is 5.95 Å². The van der Waals surface area contributed by atoms with Gasteiger partial charge in [-0.05, 0) is 13.0 Å². The van der Waals surface area contributed by atoms with Gasteiger partial charge < -0.3 is 5.73 Å². The summed E-state index contributed by atoms with van der Waals surface area (Å²) in [6.45, 7) is 2.06. The van der Waals surface area contributed by atoms with Crippen LogP contribution in [0.1, 0.15) is 4.88 Å². The van der Waals surface area contributed by atoms with Gasteiger partial charge in [-0.1, -0.05) is 0 Å². The quantitative estimate of drug-likeness (QED) is 0.747. The second-order valence-corrected chi connectivity index (χ2v) is 3.98.